The molecule has 0 fully saturated rings. The minimum absolute atomic E-state index is 0.133. The lowest BCUT2D eigenvalue weighted by Crippen LogP contribution is -2.01. The van der Waals surface area contributed by atoms with E-state index < -0.39 is 9.84 Å². The third-order valence-corrected chi connectivity index (χ3v) is 4.39. The maximum atomic E-state index is 12.2. The molecule has 0 atom stereocenters. The number of hydrogen-bond donors (Lipinski definition) is 0. The van der Waals surface area contributed by atoms with Crippen LogP contribution in [-0.2, 0) is 16.4 Å². The molecule has 0 aliphatic heterocycles. The minimum Gasteiger partial charge on any atom is -0.699 e. The Morgan fingerprint density at radius 3 is 1.72 bits per heavy atom. The van der Waals surface area contributed by atoms with E-state index in [4.69, 9.17) is 11.5 Å². The van der Waals surface area contributed by atoms with Gasteiger partial charge >= 0.3 is 0 Å². The second-order valence-electron chi connectivity index (χ2n) is 3.85. The number of nitrogens with one attached hydrogen (secondary N) is 2. The Hall–Kier alpha value is -1.85. The summed E-state index contributed by atoms with van der Waals surface area (Å²) in [6.45, 7) is 0.133. The van der Waals surface area contributed by atoms with E-state index in [1.807, 2.05) is 0 Å². The van der Waals surface area contributed by atoms with Gasteiger partial charge < -0.3 is 11.5 Å². The minimum atomic E-state index is -3.53. The zero-order valence-electron chi connectivity index (χ0n) is 9.55. The predicted molar refractivity (Wildman–Crippen MR) is 70.3 cm³/mol. The van der Waals surface area contributed by atoms with Crippen molar-refractivity contribution in [3.8, 4) is 0 Å². The van der Waals surface area contributed by atoms with Crippen LogP contribution in [0.4, 0.5) is 5.69 Å². The Balaban J connectivity index is 2.44. The molecule has 2 aromatic rings. The molecule has 2 aromatic carbocycles. The lowest BCUT2D eigenvalue weighted by atomic mass is 10.2. The molecule has 2 N–H and O–H groups in total. The normalized spacial score (nSPS) is 11.4. The summed E-state index contributed by atoms with van der Waals surface area (Å²) in [6.07, 6.45) is 0. The second kappa shape index (κ2) is 4.80. The fraction of sp³-hybridized carbons (Fsp3) is 0.0769. The quantitative estimate of drug-likeness (QED) is 0.841. The molecule has 0 saturated heterocycles. The van der Waals surface area contributed by atoms with Crippen molar-refractivity contribution in [2.45, 2.75) is 16.3 Å². The molecule has 0 bridgehead atoms. The third-order valence-electron chi connectivity index (χ3n) is 2.60. The molecule has 4 nitrogen and oxygen atoms in total. The molecule has 0 radical (unpaired) electrons. The van der Waals surface area contributed by atoms with E-state index in [2.05, 4.69) is 0 Å². The standard InChI is InChI=1S/C13H12N2O2S/c14-9-10-1-5-12(6-2-10)18(16,17)13-7-3-11(15)4-8-13/h1-8,14-15H,9H2/q-2. The summed E-state index contributed by atoms with van der Waals surface area (Å²) < 4.78 is 24.5. The second-order valence-corrected chi connectivity index (χ2v) is 5.80. The van der Waals surface area contributed by atoms with Gasteiger partial charge in [0.25, 0.3) is 0 Å². The van der Waals surface area contributed by atoms with Gasteiger partial charge in [-0.05, 0) is 24.3 Å². The molecule has 0 aliphatic carbocycles. The molecular formula is C13H12N2O2S-2. The van der Waals surface area contributed by atoms with Crippen molar-refractivity contribution < 1.29 is 8.42 Å². The van der Waals surface area contributed by atoms with Crippen LogP contribution in [0.3, 0.4) is 0 Å². The molecule has 94 valence electrons. The van der Waals surface area contributed by atoms with E-state index in [0.717, 1.165) is 5.56 Å². The first-order chi connectivity index (χ1) is 8.54. The molecule has 0 amide bonds. The average molecular weight is 260 g/mol. The number of benzene rings is 2. The zero-order chi connectivity index (χ0) is 13.2. The van der Waals surface area contributed by atoms with Gasteiger partial charge in [-0.1, -0.05) is 29.8 Å². The van der Waals surface area contributed by atoms with Gasteiger partial charge in [-0.3, -0.25) is 0 Å². The Labute approximate surface area is 106 Å². The fourth-order valence-corrected chi connectivity index (χ4v) is 2.82. The van der Waals surface area contributed by atoms with Gasteiger partial charge in [-0.15, -0.1) is 12.2 Å². The lowest BCUT2D eigenvalue weighted by molar-refractivity contribution is 0.596. The summed E-state index contributed by atoms with van der Waals surface area (Å²) in [6, 6.07) is 12.0. The predicted octanol–water partition coefficient (Wildman–Crippen LogP) is 3.76. The van der Waals surface area contributed by atoms with Crippen LogP contribution >= 0.6 is 0 Å². The summed E-state index contributed by atoms with van der Waals surface area (Å²) in [4.78, 5) is 0.384. The van der Waals surface area contributed by atoms with Crippen molar-refractivity contribution in [3.05, 3.63) is 65.6 Å². The number of sulfone groups is 1. The molecular weight excluding hydrogens is 248 g/mol. The van der Waals surface area contributed by atoms with Gasteiger partial charge in [0.1, 0.15) is 0 Å². The van der Waals surface area contributed by atoms with Gasteiger partial charge in [0, 0.05) is 0 Å². The van der Waals surface area contributed by atoms with Crippen molar-refractivity contribution in [1.29, 1.82) is 0 Å². The van der Waals surface area contributed by atoms with Crippen LogP contribution in [-0.4, -0.2) is 8.42 Å². The summed E-state index contributed by atoms with van der Waals surface area (Å²) in [5.74, 6) is 0. The van der Waals surface area contributed by atoms with Crippen molar-refractivity contribution in [2.24, 2.45) is 0 Å². The highest BCUT2D eigenvalue weighted by Crippen LogP contribution is 2.23. The summed E-state index contributed by atoms with van der Waals surface area (Å²) in [7, 11) is -3.53. The van der Waals surface area contributed by atoms with Crippen molar-refractivity contribution in [2.75, 3.05) is 0 Å². The smallest absolute Gasteiger partial charge is 0.206 e. The third kappa shape index (κ3) is 2.37. The van der Waals surface area contributed by atoms with Crippen LogP contribution in [0.2, 0.25) is 0 Å². The molecule has 0 saturated carbocycles. The fourth-order valence-electron chi connectivity index (χ4n) is 1.56. The highest BCUT2D eigenvalue weighted by atomic mass is 32.2. The SMILES string of the molecule is [NH-]Cc1ccc(S(=O)(=O)c2ccc([NH-])cc2)cc1. The molecule has 0 heterocycles. The van der Waals surface area contributed by atoms with E-state index >= 15 is 0 Å². The Morgan fingerprint density at radius 2 is 1.28 bits per heavy atom. The first-order valence-corrected chi connectivity index (χ1v) is 6.82. The highest BCUT2D eigenvalue weighted by molar-refractivity contribution is 7.91. The average Bonchev–Trinajstić information content (AvgIpc) is 2.39. The maximum absolute atomic E-state index is 12.2. The molecule has 0 aliphatic rings. The van der Waals surface area contributed by atoms with Crippen molar-refractivity contribution >= 4 is 15.5 Å². The van der Waals surface area contributed by atoms with Crippen LogP contribution in [0, 0.1) is 0 Å². The largest absolute Gasteiger partial charge is 0.699 e. The van der Waals surface area contributed by atoms with E-state index in [-0.39, 0.29) is 22.0 Å². The molecule has 0 aromatic heterocycles. The first kappa shape index (κ1) is 12.6. The highest BCUT2D eigenvalue weighted by Gasteiger charge is 2.16. The molecule has 0 unspecified atom stereocenters. The van der Waals surface area contributed by atoms with E-state index in [1.54, 1.807) is 12.1 Å². The van der Waals surface area contributed by atoms with Gasteiger partial charge in [0.05, 0.1) is 9.79 Å². The zero-order valence-corrected chi connectivity index (χ0v) is 10.4. The van der Waals surface area contributed by atoms with Gasteiger partial charge in [0.15, 0.2) is 0 Å². The van der Waals surface area contributed by atoms with E-state index in [1.165, 1.54) is 36.4 Å². The van der Waals surface area contributed by atoms with Crippen molar-refractivity contribution in [3.63, 3.8) is 0 Å². The first-order valence-electron chi connectivity index (χ1n) is 5.34. The monoisotopic (exact) mass is 260 g/mol. The topological polar surface area (TPSA) is 81.7 Å². The van der Waals surface area contributed by atoms with E-state index in [0.29, 0.717) is 0 Å². The lowest BCUT2D eigenvalue weighted by Gasteiger charge is -2.08. The van der Waals surface area contributed by atoms with Crippen LogP contribution < -0.4 is 0 Å². The summed E-state index contributed by atoms with van der Waals surface area (Å²) in [5, 5.41) is 0. The molecule has 0 spiro atoms. The van der Waals surface area contributed by atoms with Crippen LogP contribution in [0.25, 0.3) is 11.5 Å². The van der Waals surface area contributed by atoms with E-state index in [9.17, 15) is 8.42 Å². The van der Waals surface area contributed by atoms with Crippen LogP contribution in [0.5, 0.6) is 0 Å². The Kier molecular flexibility index (Phi) is 3.36. The molecule has 5 heteroatoms. The van der Waals surface area contributed by atoms with Gasteiger partial charge in [-0.2, -0.15) is 0 Å². The maximum Gasteiger partial charge on any atom is 0.206 e. The van der Waals surface area contributed by atoms with Gasteiger partial charge in [0.2, 0.25) is 9.84 Å². The van der Waals surface area contributed by atoms with Crippen LogP contribution in [0.1, 0.15) is 5.56 Å². The van der Waals surface area contributed by atoms with Crippen LogP contribution in [0.15, 0.2) is 58.3 Å². The summed E-state index contributed by atoms with van der Waals surface area (Å²) >= 11 is 0. The Bertz CT molecular complexity index is 632. The van der Waals surface area contributed by atoms with Crippen molar-refractivity contribution in [1.82, 2.24) is 0 Å². The van der Waals surface area contributed by atoms with Gasteiger partial charge in [-0.25, -0.2) is 8.42 Å². The summed E-state index contributed by atoms with van der Waals surface area (Å²) in [5.41, 5.74) is 15.6. The molecule has 18 heavy (non-hydrogen) atoms. The molecule has 2 rings (SSSR count). The number of rotatable bonds is 3. The Morgan fingerprint density at radius 1 is 0.833 bits per heavy atom. The number of hydrogen-bond acceptors (Lipinski definition) is 2.